The third kappa shape index (κ3) is 6.88. The summed E-state index contributed by atoms with van der Waals surface area (Å²) in [5, 5.41) is 0. The Bertz CT molecular complexity index is 245. The van der Waals surface area contributed by atoms with Crippen molar-refractivity contribution < 1.29 is 21.7 Å². The Morgan fingerprint density at radius 2 is 0.857 bits per heavy atom. The summed E-state index contributed by atoms with van der Waals surface area (Å²) in [6.45, 7) is 4.17. The first kappa shape index (κ1) is 15.9. The van der Waals surface area contributed by atoms with E-state index in [9.17, 15) is 0 Å². The molecule has 14 heavy (non-hydrogen) atoms. The normalized spacial score (nSPS) is 7.57. The zero-order valence-electron chi connectivity index (χ0n) is 9.12. The molecule has 0 atom stereocenters. The number of rotatable bonds is 0. The van der Waals surface area contributed by atoms with Gasteiger partial charge in [0.2, 0.25) is 0 Å². The van der Waals surface area contributed by atoms with Crippen LogP contribution in [0, 0.1) is 21.3 Å². The molecule has 2 rings (SSSR count). The predicted octanol–water partition coefficient (Wildman–Crippen LogP) is 3.88. The Kier molecular flexibility index (Phi) is 10.2. The minimum atomic E-state index is 0. The fourth-order valence-electron chi connectivity index (χ4n) is 0.940. The molecule has 0 fully saturated rings. The van der Waals surface area contributed by atoms with Crippen LogP contribution >= 0.6 is 0 Å². The maximum Gasteiger partial charge on any atom is 3.00 e. The van der Waals surface area contributed by atoms with E-state index in [-0.39, 0.29) is 29.1 Å². The zero-order valence-corrected chi connectivity index (χ0v) is 10.7. The van der Waals surface area contributed by atoms with Gasteiger partial charge >= 0.3 is 21.7 Å². The Morgan fingerprint density at radius 3 is 0.929 bits per heavy atom. The van der Waals surface area contributed by atoms with E-state index in [4.69, 9.17) is 0 Å². The van der Waals surface area contributed by atoms with Gasteiger partial charge in [0.05, 0.1) is 0 Å². The molecule has 0 bridgehead atoms. The van der Waals surface area contributed by atoms with Gasteiger partial charge in [0.15, 0.2) is 0 Å². The van der Waals surface area contributed by atoms with Crippen molar-refractivity contribution in [1.82, 2.24) is 0 Å². The van der Waals surface area contributed by atoms with Crippen molar-refractivity contribution in [3.05, 3.63) is 67.1 Å². The fraction of sp³-hybridized carbons (Fsp3) is 0.154. The van der Waals surface area contributed by atoms with Crippen LogP contribution in [0.2, 0.25) is 0 Å². The summed E-state index contributed by atoms with van der Waals surface area (Å²) in [5.41, 5.74) is 2.69. The molecule has 0 saturated heterocycles. The van der Waals surface area contributed by atoms with Crippen LogP contribution in [0.5, 0.6) is 0 Å². The quantitative estimate of drug-likeness (QED) is 0.467. The van der Waals surface area contributed by atoms with Gasteiger partial charge in [-0.2, -0.15) is 35.4 Å². The van der Waals surface area contributed by atoms with Gasteiger partial charge in [0.1, 0.15) is 0 Å². The average Bonchev–Trinajstić information content (AvgIpc) is 2.63. The van der Waals surface area contributed by atoms with E-state index in [0.717, 1.165) is 0 Å². The average molecular weight is 221 g/mol. The van der Waals surface area contributed by atoms with Gasteiger partial charge in [-0.25, -0.2) is 24.3 Å². The largest absolute Gasteiger partial charge is 3.00 e. The third-order valence-electron chi connectivity index (χ3n) is 1.66. The first-order valence-electron chi connectivity index (χ1n) is 4.15. The second kappa shape index (κ2) is 8.99. The molecule has 0 aromatic heterocycles. The van der Waals surface area contributed by atoms with Crippen molar-refractivity contribution in [1.29, 1.82) is 0 Å². The Balaban J connectivity index is 0. The third-order valence-corrected chi connectivity index (χ3v) is 1.66. The summed E-state index contributed by atoms with van der Waals surface area (Å²) in [5.74, 6) is 0. The molecule has 0 unspecified atom stereocenters. The predicted molar refractivity (Wildman–Crippen MR) is 60.0 cm³/mol. The van der Waals surface area contributed by atoms with E-state index in [1.165, 1.54) is 11.1 Å². The number of hydrogen-bond donors (Lipinski definition) is 0. The minimum Gasteiger partial charge on any atom is -0.358 e. The van der Waals surface area contributed by atoms with Gasteiger partial charge < -0.3 is 7.43 Å². The van der Waals surface area contributed by atoms with Crippen LogP contribution in [0.1, 0.15) is 11.1 Å². The van der Waals surface area contributed by atoms with Crippen molar-refractivity contribution in [3.8, 4) is 0 Å². The summed E-state index contributed by atoms with van der Waals surface area (Å²) in [4.78, 5) is 0. The second-order valence-electron chi connectivity index (χ2n) is 2.92. The molecule has 0 spiro atoms. The van der Waals surface area contributed by atoms with E-state index in [2.05, 4.69) is 38.1 Å². The van der Waals surface area contributed by atoms with E-state index < -0.39 is 0 Å². The standard InChI is InChI=1S/2C6H7.CH3.Ti/c2*1-6-4-2-3-5-6;;/h2*2-5H,1H3;1H3;/q3*-1;+3. The summed E-state index contributed by atoms with van der Waals surface area (Å²) in [6.07, 6.45) is 0. The van der Waals surface area contributed by atoms with E-state index in [1.807, 2.05) is 24.3 Å². The van der Waals surface area contributed by atoms with Gasteiger partial charge in [-0.05, 0) is 0 Å². The molecule has 0 saturated carbocycles. The molecule has 2 aromatic carbocycles. The van der Waals surface area contributed by atoms with Gasteiger partial charge in [-0.15, -0.1) is 0 Å². The maximum absolute atomic E-state index is 2.08. The van der Waals surface area contributed by atoms with Gasteiger partial charge in [0, 0.05) is 0 Å². The van der Waals surface area contributed by atoms with Crippen molar-refractivity contribution in [2.75, 3.05) is 0 Å². The molecule has 0 aliphatic heterocycles. The zero-order chi connectivity index (χ0) is 8.81. The van der Waals surface area contributed by atoms with Crippen molar-refractivity contribution in [2.24, 2.45) is 0 Å². The second-order valence-corrected chi connectivity index (χ2v) is 2.92. The van der Waals surface area contributed by atoms with E-state index >= 15 is 0 Å². The molecule has 0 aliphatic rings. The molecule has 0 aliphatic carbocycles. The Morgan fingerprint density at radius 1 is 0.643 bits per heavy atom. The maximum atomic E-state index is 2.08. The van der Waals surface area contributed by atoms with Crippen LogP contribution in [-0.2, 0) is 21.7 Å². The molecular weight excluding hydrogens is 204 g/mol. The van der Waals surface area contributed by atoms with Crippen LogP contribution in [0.25, 0.3) is 0 Å². The molecule has 0 N–H and O–H groups in total. The number of aryl methyl sites for hydroxylation is 2. The van der Waals surface area contributed by atoms with Crippen LogP contribution < -0.4 is 0 Å². The molecular formula is C13H17Ti. The molecule has 0 heterocycles. The first-order chi connectivity index (χ1) is 5.79. The Labute approximate surface area is 103 Å². The topological polar surface area (TPSA) is 0 Å². The van der Waals surface area contributed by atoms with Crippen LogP contribution in [0.15, 0.2) is 48.5 Å². The molecule has 0 nitrogen and oxygen atoms in total. The monoisotopic (exact) mass is 221 g/mol. The van der Waals surface area contributed by atoms with Crippen molar-refractivity contribution in [3.63, 3.8) is 0 Å². The SMILES string of the molecule is C[c-]1cccc1.C[c-]1cccc1.[CH3-].[Ti+3]. The van der Waals surface area contributed by atoms with Crippen LogP contribution in [-0.4, -0.2) is 0 Å². The smallest absolute Gasteiger partial charge is 0.358 e. The van der Waals surface area contributed by atoms with E-state index in [0.29, 0.717) is 0 Å². The van der Waals surface area contributed by atoms with Gasteiger partial charge in [0.25, 0.3) is 0 Å². The molecule has 1 radical (unpaired) electrons. The Hall–Kier alpha value is -0.586. The summed E-state index contributed by atoms with van der Waals surface area (Å²) >= 11 is 0. The molecule has 0 amide bonds. The molecule has 2 aromatic rings. The minimum absolute atomic E-state index is 0. The summed E-state index contributed by atoms with van der Waals surface area (Å²) < 4.78 is 0. The molecule has 1 heteroatoms. The van der Waals surface area contributed by atoms with Crippen molar-refractivity contribution >= 4 is 0 Å². The summed E-state index contributed by atoms with van der Waals surface area (Å²) in [7, 11) is 0. The fourth-order valence-corrected chi connectivity index (χ4v) is 0.940. The number of hydrogen-bond acceptors (Lipinski definition) is 0. The van der Waals surface area contributed by atoms with Crippen LogP contribution in [0.4, 0.5) is 0 Å². The molecule has 73 valence electrons. The van der Waals surface area contributed by atoms with Gasteiger partial charge in [-0.1, -0.05) is 13.8 Å². The van der Waals surface area contributed by atoms with Gasteiger partial charge in [-0.3, -0.25) is 0 Å². The van der Waals surface area contributed by atoms with Crippen molar-refractivity contribution in [2.45, 2.75) is 13.8 Å². The summed E-state index contributed by atoms with van der Waals surface area (Å²) in [6, 6.07) is 16.5. The van der Waals surface area contributed by atoms with Crippen LogP contribution in [0.3, 0.4) is 0 Å². The van der Waals surface area contributed by atoms with E-state index in [1.54, 1.807) is 0 Å². The first-order valence-corrected chi connectivity index (χ1v) is 4.15.